The van der Waals surface area contributed by atoms with Crippen LogP contribution in [0.2, 0.25) is 0 Å². The lowest BCUT2D eigenvalue weighted by Gasteiger charge is -2.15. The van der Waals surface area contributed by atoms with Gasteiger partial charge in [-0.25, -0.2) is 13.1 Å². The van der Waals surface area contributed by atoms with Crippen molar-refractivity contribution in [2.45, 2.75) is 49.8 Å². The second-order valence-corrected chi connectivity index (χ2v) is 8.14. The molecule has 1 saturated heterocycles. The topological polar surface area (TPSA) is 83.6 Å². The summed E-state index contributed by atoms with van der Waals surface area (Å²) >= 11 is 0. The van der Waals surface area contributed by atoms with Crippen LogP contribution in [0.5, 0.6) is 0 Å². The van der Waals surface area contributed by atoms with Crippen LogP contribution in [0.25, 0.3) is 0 Å². The molecule has 2 aliphatic rings. The van der Waals surface area contributed by atoms with Gasteiger partial charge in [-0.05, 0) is 56.4 Å². The van der Waals surface area contributed by atoms with E-state index in [2.05, 4.69) is 10.8 Å². The number of nitrogens with zero attached hydrogens (tertiary/aromatic N) is 1. The van der Waals surface area contributed by atoms with Crippen LogP contribution < -0.4 is 9.62 Å². The molecular weight excluding hydrogens is 340 g/mol. The van der Waals surface area contributed by atoms with Gasteiger partial charge in [0.25, 0.3) is 0 Å². The number of anilines is 1. The Morgan fingerprint density at radius 3 is 2.24 bits per heavy atom. The molecule has 1 aliphatic carbocycles. The standard InChI is InChI=1S/C18H22N2O4S/c21-17-10-11-18(22)20(17)15-6-8-16(9-7-15)25(23,24)19-13-12-14-4-2-1-3-5-14/h4,6-9,19H,1-3,5,10-13H2. The number of carbonyl (C=O) groups excluding carboxylic acids is 2. The van der Waals surface area contributed by atoms with Crippen LogP contribution >= 0.6 is 0 Å². The van der Waals surface area contributed by atoms with Crippen molar-refractivity contribution in [1.29, 1.82) is 0 Å². The van der Waals surface area contributed by atoms with Gasteiger partial charge in [0.1, 0.15) is 0 Å². The van der Waals surface area contributed by atoms with Gasteiger partial charge in [-0.3, -0.25) is 14.5 Å². The molecular formula is C18H22N2O4S. The minimum atomic E-state index is -3.59. The second kappa shape index (κ2) is 7.49. The van der Waals surface area contributed by atoms with Crippen LogP contribution in [0.1, 0.15) is 44.9 Å². The predicted octanol–water partition coefficient (Wildman–Crippen LogP) is 2.51. The highest BCUT2D eigenvalue weighted by Crippen LogP contribution is 2.24. The van der Waals surface area contributed by atoms with Gasteiger partial charge >= 0.3 is 0 Å². The SMILES string of the molecule is O=C1CCC(=O)N1c1ccc(S(=O)(=O)NCCC2=CCCCC2)cc1. The molecule has 7 heteroatoms. The molecule has 1 fully saturated rings. The van der Waals surface area contributed by atoms with E-state index in [9.17, 15) is 18.0 Å². The molecule has 0 spiro atoms. The maximum Gasteiger partial charge on any atom is 0.240 e. The monoisotopic (exact) mass is 362 g/mol. The van der Waals surface area contributed by atoms with Crippen molar-refractivity contribution in [3.8, 4) is 0 Å². The molecule has 2 amide bonds. The van der Waals surface area contributed by atoms with Gasteiger partial charge in [0.15, 0.2) is 0 Å². The van der Waals surface area contributed by atoms with Crippen molar-refractivity contribution in [2.24, 2.45) is 0 Å². The number of carbonyl (C=O) groups is 2. The van der Waals surface area contributed by atoms with E-state index in [1.807, 2.05) is 0 Å². The molecule has 134 valence electrons. The first-order chi connectivity index (χ1) is 12.0. The van der Waals surface area contributed by atoms with Crippen LogP contribution in [-0.2, 0) is 19.6 Å². The summed E-state index contributed by atoms with van der Waals surface area (Å²) in [6.45, 7) is 0.374. The molecule has 1 N–H and O–H groups in total. The minimum Gasteiger partial charge on any atom is -0.274 e. The predicted molar refractivity (Wildman–Crippen MR) is 94.5 cm³/mol. The van der Waals surface area contributed by atoms with E-state index in [1.54, 1.807) is 0 Å². The molecule has 6 nitrogen and oxygen atoms in total. The summed E-state index contributed by atoms with van der Waals surface area (Å²) in [6, 6.07) is 5.85. The highest BCUT2D eigenvalue weighted by atomic mass is 32.2. The van der Waals surface area contributed by atoms with E-state index in [-0.39, 0.29) is 29.6 Å². The second-order valence-electron chi connectivity index (χ2n) is 6.37. The van der Waals surface area contributed by atoms with Gasteiger partial charge in [0.05, 0.1) is 10.6 Å². The van der Waals surface area contributed by atoms with Crippen molar-refractivity contribution in [2.75, 3.05) is 11.4 Å². The first kappa shape index (κ1) is 17.8. The van der Waals surface area contributed by atoms with Crippen molar-refractivity contribution in [3.05, 3.63) is 35.9 Å². The van der Waals surface area contributed by atoms with Gasteiger partial charge in [0, 0.05) is 19.4 Å². The highest BCUT2D eigenvalue weighted by Gasteiger charge is 2.30. The molecule has 1 heterocycles. The lowest BCUT2D eigenvalue weighted by Crippen LogP contribution is -2.29. The third kappa shape index (κ3) is 4.16. The number of amides is 2. The molecule has 1 aromatic rings. The first-order valence-electron chi connectivity index (χ1n) is 8.61. The molecule has 0 radical (unpaired) electrons. The summed E-state index contributed by atoms with van der Waals surface area (Å²) < 4.78 is 27.3. The molecule has 0 bridgehead atoms. The Labute approximate surface area is 148 Å². The Balaban J connectivity index is 1.63. The quantitative estimate of drug-likeness (QED) is 0.622. The molecule has 0 aromatic heterocycles. The largest absolute Gasteiger partial charge is 0.274 e. The Kier molecular flexibility index (Phi) is 5.34. The number of nitrogens with one attached hydrogen (secondary N) is 1. The van der Waals surface area contributed by atoms with E-state index in [1.165, 1.54) is 42.7 Å². The molecule has 0 saturated carbocycles. The summed E-state index contributed by atoms with van der Waals surface area (Å²) in [6.07, 6.45) is 7.86. The summed E-state index contributed by atoms with van der Waals surface area (Å²) in [7, 11) is -3.59. The first-order valence-corrected chi connectivity index (χ1v) is 10.1. The number of rotatable bonds is 6. The summed E-state index contributed by atoms with van der Waals surface area (Å²) in [5, 5.41) is 0. The van der Waals surface area contributed by atoms with Crippen molar-refractivity contribution in [1.82, 2.24) is 4.72 Å². The summed E-state index contributed by atoms with van der Waals surface area (Å²) in [5.41, 5.74) is 1.73. The minimum absolute atomic E-state index is 0.132. The van der Waals surface area contributed by atoms with Gasteiger partial charge in [0.2, 0.25) is 21.8 Å². The van der Waals surface area contributed by atoms with Gasteiger partial charge in [-0.1, -0.05) is 11.6 Å². The zero-order valence-corrected chi connectivity index (χ0v) is 14.8. The molecule has 0 unspecified atom stereocenters. The average Bonchev–Trinajstić information content (AvgIpc) is 2.94. The van der Waals surface area contributed by atoms with Crippen molar-refractivity contribution in [3.63, 3.8) is 0 Å². The molecule has 0 atom stereocenters. The van der Waals surface area contributed by atoms with Gasteiger partial charge in [-0.15, -0.1) is 0 Å². The Morgan fingerprint density at radius 2 is 1.64 bits per heavy atom. The van der Waals surface area contributed by atoms with Crippen LogP contribution in [0.3, 0.4) is 0 Å². The third-order valence-corrected chi connectivity index (χ3v) is 6.06. The summed E-state index contributed by atoms with van der Waals surface area (Å²) in [4.78, 5) is 24.7. The fourth-order valence-electron chi connectivity index (χ4n) is 3.20. The van der Waals surface area contributed by atoms with Crippen LogP contribution in [0, 0.1) is 0 Å². The Hall–Kier alpha value is -1.99. The smallest absolute Gasteiger partial charge is 0.240 e. The van der Waals surface area contributed by atoms with Crippen LogP contribution in [0.15, 0.2) is 40.8 Å². The van der Waals surface area contributed by atoms with Gasteiger partial charge < -0.3 is 0 Å². The number of allylic oxidation sites excluding steroid dienone is 1. The fraction of sp³-hybridized carbons (Fsp3) is 0.444. The number of benzene rings is 1. The maximum atomic E-state index is 12.4. The number of sulfonamides is 1. The number of hydrogen-bond donors (Lipinski definition) is 1. The zero-order valence-electron chi connectivity index (χ0n) is 14.0. The van der Waals surface area contributed by atoms with E-state index >= 15 is 0 Å². The third-order valence-electron chi connectivity index (χ3n) is 4.58. The van der Waals surface area contributed by atoms with Crippen molar-refractivity contribution < 1.29 is 18.0 Å². The lowest BCUT2D eigenvalue weighted by molar-refractivity contribution is -0.121. The van der Waals surface area contributed by atoms with E-state index in [4.69, 9.17) is 0 Å². The lowest BCUT2D eigenvalue weighted by atomic mass is 9.97. The molecule has 25 heavy (non-hydrogen) atoms. The maximum absolute atomic E-state index is 12.4. The normalized spacial score (nSPS) is 18.6. The van der Waals surface area contributed by atoms with E-state index in [0.717, 1.165) is 24.2 Å². The molecule has 1 aliphatic heterocycles. The van der Waals surface area contributed by atoms with E-state index in [0.29, 0.717) is 12.2 Å². The number of imide groups is 1. The summed E-state index contributed by atoms with van der Waals surface area (Å²) in [5.74, 6) is -0.501. The fourth-order valence-corrected chi connectivity index (χ4v) is 4.23. The van der Waals surface area contributed by atoms with Crippen LogP contribution in [0.4, 0.5) is 5.69 Å². The number of hydrogen-bond acceptors (Lipinski definition) is 4. The van der Waals surface area contributed by atoms with Gasteiger partial charge in [-0.2, -0.15) is 0 Å². The molecule has 1 aromatic carbocycles. The van der Waals surface area contributed by atoms with Crippen LogP contribution in [-0.4, -0.2) is 26.8 Å². The highest BCUT2D eigenvalue weighted by molar-refractivity contribution is 7.89. The Morgan fingerprint density at radius 1 is 0.960 bits per heavy atom. The van der Waals surface area contributed by atoms with Crippen molar-refractivity contribution >= 4 is 27.5 Å². The molecule has 3 rings (SSSR count). The zero-order chi connectivity index (χ0) is 17.9. The Bertz CT molecular complexity index is 781. The average molecular weight is 362 g/mol. The van der Waals surface area contributed by atoms with E-state index < -0.39 is 10.0 Å².